The van der Waals surface area contributed by atoms with Crippen molar-refractivity contribution in [3.63, 3.8) is 0 Å². The molecular weight excluding hydrogens is 374 g/mol. The van der Waals surface area contributed by atoms with Crippen LogP contribution in [0.3, 0.4) is 0 Å². The molecule has 29 heavy (non-hydrogen) atoms. The van der Waals surface area contributed by atoms with Gasteiger partial charge in [-0.25, -0.2) is 4.79 Å². The molecule has 4 rings (SSSR count). The molecule has 2 heterocycles. The number of hydrogen-bond acceptors (Lipinski definition) is 5. The second kappa shape index (κ2) is 7.88. The lowest BCUT2D eigenvalue weighted by Crippen LogP contribution is -2.45. The van der Waals surface area contributed by atoms with E-state index in [9.17, 15) is 14.7 Å². The van der Waals surface area contributed by atoms with Gasteiger partial charge >= 0.3 is 6.09 Å². The molecule has 2 amide bonds. The van der Waals surface area contributed by atoms with Crippen molar-refractivity contribution >= 4 is 17.8 Å². The van der Waals surface area contributed by atoms with Gasteiger partial charge in [-0.2, -0.15) is 5.10 Å². The lowest BCUT2D eigenvalue weighted by atomic mass is 10.0. The molecule has 9 nitrogen and oxygen atoms in total. The van der Waals surface area contributed by atoms with Crippen molar-refractivity contribution in [2.24, 2.45) is 5.92 Å². The van der Waals surface area contributed by atoms with Gasteiger partial charge in [-0.3, -0.25) is 9.89 Å². The van der Waals surface area contributed by atoms with Gasteiger partial charge in [0.2, 0.25) is 5.91 Å². The van der Waals surface area contributed by atoms with Gasteiger partial charge in [0.05, 0.1) is 12.1 Å². The Labute approximate surface area is 168 Å². The fourth-order valence-corrected chi connectivity index (χ4v) is 4.42. The van der Waals surface area contributed by atoms with Gasteiger partial charge in [0.15, 0.2) is 5.82 Å². The largest absolute Gasteiger partial charge is 0.465 e. The molecule has 0 aromatic carbocycles. The molecule has 2 aliphatic carbocycles. The van der Waals surface area contributed by atoms with Crippen LogP contribution in [0.4, 0.5) is 10.6 Å². The van der Waals surface area contributed by atoms with Crippen LogP contribution in [0.15, 0.2) is 16.7 Å². The highest BCUT2D eigenvalue weighted by Crippen LogP contribution is 2.41. The monoisotopic (exact) mass is 401 g/mol. The Kier molecular flexibility index (Phi) is 5.29. The molecule has 0 aliphatic heterocycles. The van der Waals surface area contributed by atoms with E-state index in [1.54, 1.807) is 17.9 Å². The molecule has 0 saturated heterocycles. The van der Waals surface area contributed by atoms with Gasteiger partial charge in [0.1, 0.15) is 5.76 Å². The summed E-state index contributed by atoms with van der Waals surface area (Å²) in [5.74, 6) is 1.47. The molecule has 156 valence electrons. The maximum absolute atomic E-state index is 12.2. The smallest absolute Gasteiger partial charge is 0.407 e. The van der Waals surface area contributed by atoms with Gasteiger partial charge in [-0.05, 0) is 51.9 Å². The van der Waals surface area contributed by atoms with Gasteiger partial charge in [-0.15, -0.1) is 0 Å². The van der Waals surface area contributed by atoms with Crippen LogP contribution in [-0.4, -0.2) is 49.4 Å². The quantitative estimate of drug-likeness (QED) is 0.654. The van der Waals surface area contributed by atoms with Gasteiger partial charge in [-0.1, -0.05) is 5.16 Å². The molecular formula is C20H27N5O4. The summed E-state index contributed by atoms with van der Waals surface area (Å²) in [7, 11) is 0. The van der Waals surface area contributed by atoms with E-state index in [0.717, 1.165) is 43.5 Å². The van der Waals surface area contributed by atoms with E-state index in [0.29, 0.717) is 17.5 Å². The summed E-state index contributed by atoms with van der Waals surface area (Å²) in [4.78, 5) is 25.6. The van der Waals surface area contributed by atoms with E-state index in [1.807, 2.05) is 13.0 Å². The topological polar surface area (TPSA) is 124 Å². The molecule has 2 fully saturated rings. The predicted octanol–water partition coefficient (Wildman–Crippen LogP) is 3.30. The summed E-state index contributed by atoms with van der Waals surface area (Å²) >= 11 is 0. The molecule has 2 aliphatic rings. The Morgan fingerprint density at radius 1 is 1.34 bits per heavy atom. The number of aromatic amines is 1. The summed E-state index contributed by atoms with van der Waals surface area (Å²) < 4.78 is 5.06. The molecule has 2 aromatic heterocycles. The average Bonchev–Trinajstić information content (AvgIpc) is 3.01. The molecule has 9 heteroatoms. The first kappa shape index (κ1) is 19.5. The second-order valence-corrected chi connectivity index (χ2v) is 8.30. The van der Waals surface area contributed by atoms with Gasteiger partial charge in [0, 0.05) is 35.8 Å². The number of anilines is 1. The zero-order valence-corrected chi connectivity index (χ0v) is 16.7. The van der Waals surface area contributed by atoms with Crippen LogP contribution in [0.1, 0.15) is 62.1 Å². The lowest BCUT2D eigenvalue weighted by molar-refractivity contribution is -0.115. The maximum Gasteiger partial charge on any atom is 0.407 e. The number of aromatic nitrogens is 3. The number of carbonyl (C=O) groups is 2. The lowest BCUT2D eigenvalue weighted by Gasteiger charge is -2.32. The Morgan fingerprint density at radius 3 is 2.79 bits per heavy atom. The minimum Gasteiger partial charge on any atom is -0.465 e. The van der Waals surface area contributed by atoms with Crippen molar-refractivity contribution in [3.8, 4) is 0 Å². The molecule has 0 radical (unpaired) electrons. The van der Waals surface area contributed by atoms with E-state index in [1.165, 1.54) is 0 Å². The SMILES string of the molecule is Cc1cc(CC(=O)Nc2cc([C@H]3CC[C@@H](N(C(=O)O)[C@H](C)C4CC4)C3)[nH]n2)on1. The minimum atomic E-state index is -0.824. The Balaban J connectivity index is 1.34. The summed E-state index contributed by atoms with van der Waals surface area (Å²) in [6.45, 7) is 3.83. The number of nitrogens with zero attached hydrogens (tertiary/aromatic N) is 3. The highest BCUT2D eigenvalue weighted by molar-refractivity contribution is 5.91. The standard InChI is InChI=1S/C20H27N5O4/c1-11-7-16(29-24-11)9-19(26)21-18-10-17(22-23-18)14-5-6-15(8-14)25(20(27)28)12(2)13-3-4-13/h7,10,12-15H,3-6,8-9H2,1-2H3,(H,27,28)(H2,21,22,23,26)/t12-,14+,15-/m1/s1. The number of amides is 2. The molecule has 0 bridgehead atoms. The number of rotatable bonds is 7. The zero-order valence-electron chi connectivity index (χ0n) is 16.7. The predicted molar refractivity (Wildman–Crippen MR) is 105 cm³/mol. The molecule has 2 aromatic rings. The van der Waals surface area contributed by atoms with Crippen molar-refractivity contribution < 1.29 is 19.2 Å². The third kappa shape index (κ3) is 4.44. The number of carbonyl (C=O) groups excluding carboxylic acids is 1. The Hall–Kier alpha value is -2.84. The highest BCUT2D eigenvalue weighted by atomic mass is 16.5. The molecule has 3 atom stereocenters. The van der Waals surface area contributed by atoms with Crippen LogP contribution >= 0.6 is 0 Å². The third-order valence-corrected chi connectivity index (χ3v) is 6.08. The molecule has 0 unspecified atom stereocenters. The summed E-state index contributed by atoms with van der Waals surface area (Å²) in [6, 6.07) is 3.67. The number of H-pyrrole nitrogens is 1. The highest BCUT2D eigenvalue weighted by Gasteiger charge is 2.41. The molecule has 2 saturated carbocycles. The van der Waals surface area contributed by atoms with Crippen molar-refractivity contribution in [2.45, 2.75) is 70.4 Å². The maximum atomic E-state index is 12.2. The Morgan fingerprint density at radius 2 is 2.14 bits per heavy atom. The number of nitrogens with one attached hydrogen (secondary N) is 2. The molecule has 3 N–H and O–H groups in total. The van der Waals surface area contributed by atoms with E-state index in [-0.39, 0.29) is 30.3 Å². The third-order valence-electron chi connectivity index (χ3n) is 6.08. The van der Waals surface area contributed by atoms with E-state index < -0.39 is 6.09 Å². The fourth-order valence-electron chi connectivity index (χ4n) is 4.42. The Bertz CT molecular complexity index is 887. The minimum absolute atomic E-state index is 0.0316. The summed E-state index contributed by atoms with van der Waals surface area (Å²) in [5.41, 5.74) is 1.67. The van der Waals surface area contributed by atoms with E-state index in [2.05, 4.69) is 20.7 Å². The fraction of sp³-hybridized carbons (Fsp3) is 0.600. The van der Waals surface area contributed by atoms with Crippen LogP contribution in [-0.2, 0) is 11.2 Å². The number of hydrogen-bond donors (Lipinski definition) is 3. The van der Waals surface area contributed by atoms with Crippen LogP contribution in [0.5, 0.6) is 0 Å². The summed E-state index contributed by atoms with van der Waals surface area (Å²) in [6.07, 6.45) is 4.04. The first-order valence-corrected chi connectivity index (χ1v) is 10.2. The van der Waals surface area contributed by atoms with Crippen molar-refractivity contribution in [3.05, 3.63) is 29.3 Å². The van der Waals surface area contributed by atoms with Crippen LogP contribution in [0.25, 0.3) is 0 Å². The number of aryl methyl sites for hydroxylation is 1. The van der Waals surface area contributed by atoms with Crippen molar-refractivity contribution in [2.75, 3.05) is 5.32 Å². The van der Waals surface area contributed by atoms with E-state index >= 15 is 0 Å². The van der Waals surface area contributed by atoms with Crippen LogP contribution in [0.2, 0.25) is 0 Å². The van der Waals surface area contributed by atoms with Gasteiger partial charge in [0.25, 0.3) is 0 Å². The normalized spacial score (nSPS) is 22.4. The summed E-state index contributed by atoms with van der Waals surface area (Å²) in [5, 5.41) is 23.4. The first-order valence-electron chi connectivity index (χ1n) is 10.2. The van der Waals surface area contributed by atoms with Crippen molar-refractivity contribution in [1.29, 1.82) is 0 Å². The van der Waals surface area contributed by atoms with Crippen molar-refractivity contribution in [1.82, 2.24) is 20.3 Å². The van der Waals surface area contributed by atoms with Crippen LogP contribution < -0.4 is 5.32 Å². The van der Waals surface area contributed by atoms with Crippen LogP contribution in [0, 0.1) is 12.8 Å². The molecule has 0 spiro atoms. The zero-order chi connectivity index (χ0) is 20.5. The van der Waals surface area contributed by atoms with E-state index in [4.69, 9.17) is 4.52 Å². The second-order valence-electron chi connectivity index (χ2n) is 8.30. The number of carboxylic acid groups (broad SMARTS) is 1. The average molecular weight is 401 g/mol. The first-order chi connectivity index (χ1) is 13.9. The van der Waals surface area contributed by atoms with Gasteiger partial charge < -0.3 is 19.8 Å².